The summed E-state index contributed by atoms with van der Waals surface area (Å²) in [6, 6.07) is 8.12. The van der Waals surface area contributed by atoms with Gasteiger partial charge in [-0.25, -0.2) is 4.39 Å². The van der Waals surface area contributed by atoms with E-state index in [1.165, 1.54) is 12.1 Å². The smallest absolute Gasteiger partial charge is 0.126 e. The molecule has 0 atom stereocenters. The summed E-state index contributed by atoms with van der Waals surface area (Å²) >= 11 is 9.06. The molecule has 0 unspecified atom stereocenters. The Morgan fingerprint density at radius 3 is 2.76 bits per heavy atom. The van der Waals surface area contributed by atoms with Gasteiger partial charge in [-0.1, -0.05) is 11.6 Å². The average Bonchev–Trinajstić information content (AvgIpc) is 2.27. The summed E-state index contributed by atoms with van der Waals surface area (Å²) in [5, 5.41) is 3.43. The van der Waals surface area contributed by atoms with Gasteiger partial charge in [0.1, 0.15) is 5.82 Å². The number of benzene rings is 1. The molecule has 1 heterocycles. The van der Waals surface area contributed by atoms with Crippen LogP contribution in [0.3, 0.4) is 0 Å². The minimum atomic E-state index is -0.358. The van der Waals surface area contributed by atoms with E-state index in [1.807, 2.05) is 12.1 Å². The molecule has 2 nitrogen and oxygen atoms in total. The lowest BCUT2D eigenvalue weighted by atomic mass is 10.3. The summed E-state index contributed by atoms with van der Waals surface area (Å²) in [4.78, 5) is 4.20. The molecular formula is C12H9BrClFN2. The molecule has 0 spiro atoms. The molecule has 0 aliphatic heterocycles. The first-order valence-corrected chi connectivity index (χ1v) is 6.11. The lowest BCUT2D eigenvalue weighted by Crippen LogP contribution is -2.01. The maximum absolute atomic E-state index is 13.1. The number of hydrogen-bond donors (Lipinski definition) is 1. The first-order chi connectivity index (χ1) is 8.13. The van der Waals surface area contributed by atoms with Crippen molar-refractivity contribution in [2.75, 3.05) is 5.32 Å². The number of nitrogens with one attached hydrogen (secondary N) is 1. The lowest BCUT2D eigenvalue weighted by Gasteiger charge is -2.06. The van der Waals surface area contributed by atoms with E-state index in [4.69, 9.17) is 11.6 Å². The highest BCUT2D eigenvalue weighted by molar-refractivity contribution is 9.10. The molecule has 2 aromatic rings. The first-order valence-electron chi connectivity index (χ1n) is 4.94. The molecule has 17 heavy (non-hydrogen) atoms. The van der Waals surface area contributed by atoms with Crippen molar-refractivity contribution in [3.05, 3.63) is 57.5 Å². The number of rotatable bonds is 3. The maximum Gasteiger partial charge on any atom is 0.126 e. The largest absolute Gasteiger partial charge is 0.379 e. The van der Waals surface area contributed by atoms with Crippen molar-refractivity contribution in [3.63, 3.8) is 0 Å². The Bertz CT molecular complexity index is 496. The van der Waals surface area contributed by atoms with Crippen molar-refractivity contribution in [2.45, 2.75) is 6.54 Å². The van der Waals surface area contributed by atoms with E-state index in [1.54, 1.807) is 12.3 Å². The average molecular weight is 316 g/mol. The fourth-order valence-corrected chi connectivity index (χ4v) is 1.82. The van der Waals surface area contributed by atoms with E-state index in [0.29, 0.717) is 17.3 Å². The van der Waals surface area contributed by atoms with Crippen LogP contribution in [-0.4, -0.2) is 4.98 Å². The van der Waals surface area contributed by atoms with Gasteiger partial charge in [0.05, 0.1) is 12.2 Å². The molecule has 88 valence electrons. The zero-order valence-corrected chi connectivity index (χ0v) is 11.1. The predicted molar refractivity (Wildman–Crippen MR) is 70.7 cm³/mol. The molecule has 0 aliphatic carbocycles. The topological polar surface area (TPSA) is 24.9 Å². The van der Waals surface area contributed by atoms with Crippen LogP contribution >= 0.6 is 27.5 Å². The Kier molecular flexibility index (Phi) is 3.97. The fraction of sp³-hybridized carbons (Fsp3) is 0.0833. The molecule has 0 saturated heterocycles. The molecular weight excluding hydrogens is 307 g/mol. The van der Waals surface area contributed by atoms with Crippen LogP contribution in [0.1, 0.15) is 5.69 Å². The third-order valence-corrected chi connectivity index (χ3v) is 2.81. The highest BCUT2D eigenvalue weighted by Crippen LogP contribution is 2.18. The van der Waals surface area contributed by atoms with E-state index in [2.05, 4.69) is 26.2 Å². The lowest BCUT2D eigenvalue weighted by molar-refractivity contribution is 0.628. The molecule has 1 aromatic heterocycles. The van der Waals surface area contributed by atoms with Crippen molar-refractivity contribution < 1.29 is 4.39 Å². The highest BCUT2D eigenvalue weighted by atomic mass is 79.9. The van der Waals surface area contributed by atoms with Crippen LogP contribution in [0.15, 0.2) is 41.0 Å². The molecule has 0 aliphatic rings. The molecule has 0 amide bonds. The Labute approximate surface area is 112 Å². The van der Waals surface area contributed by atoms with Gasteiger partial charge >= 0.3 is 0 Å². The van der Waals surface area contributed by atoms with E-state index < -0.39 is 0 Å². The second kappa shape index (κ2) is 5.47. The normalized spacial score (nSPS) is 10.3. The molecule has 0 bridgehead atoms. The van der Waals surface area contributed by atoms with Crippen LogP contribution in [-0.2, 0) is 6.54 Å². The summed E-state index contributed by atoms with van der Waals surface area (Å²) in [7, 11) is 0. The van der Waals surface area contributed by atoms with Crippen LogP contribution in [0.4, 0.5) is 10.1 Å². The minimum Gasteiger partial charge on any atom is -0.379 e. The van der Waals surface area contributed by atoms with E-state index >= 15 is 0 Å². The second-order valence-corrected chi connectivity index (χ2v) is 4.83. The number of nitrogens with zero attached hydrogens (tertiary/aromatic N) is 1. The Balaban J connectivity index is 2.04. The van der Waals surface area contributed by atoms with Gasteiger partial charge in [-0.05, 0) is 46.3 Å². The van der Waals surface area contributed by atoms with Crippen LogP contribution in [0, 0.1) is 5.82 Å². The molecule has 0 fully saturated rings. The molecule has 5 heteroatoms. The number of aromatic nitrogens is 1. The summed E-state index contributed by atoms with van der Waals surface area (Å²) in [6.45, 7) is 0.521. The second-order valence-electron chi connectivity index (χ2n) is 3.48. The molecule has 1 aromatic carbocycles. The van der Waals surface area contributed by atoms with Gasteiger partial charge in [-0.15, -0.1) is 0 Å². The Hall–Kier alpha value is -1.13. The molecule has 0 radical (unpaired) electrons. The van der Waals surface area contributed by atoms with Crippen molar-refractivity contribution >= 4 is 33.2 Å². The van der Waals surface area contributed by atoms with Crippen LogP contribution in [0.25, 0.3) is 0 Å². The van der Waals surface area contributed by atoms with Crippen LogP contribution in [0.5, 0.6) is 0 Å². The quantitative estimate of drug-likeness (QED) is 0.916. The van der Waals surface area contributed by atoms with Crippen molar-refractivity contribution in [3.8, 4) is 0 Å². The minimum absolute atomic E-state index is 0.358. The van der Waals surface area contributed by atoms with Crippen LogP contribution in [0.2, 0.25) is 5.02 Å². The highest BCUT2D eigenvalue weighted by Gasteiger charge is 2.00. The predicted octanol–water partition coefficient (Wildman–Crippen LogP) is 4.25. The summed E-state index contributed by atoms with van der Waals surface area (Å²) < 4.78 is 14.0. The first kappa shape index (κ1) is 12.3. The third-order valence-electron chi connectivity index (χ3n) is 2.12. The van der Waals surface area contributed by atoms with Gasteiger partial charge in [0, 0.05) is 21.4 Å². The van der Waals surface area contributed by atoms with Crippen LogP contribution < -0.4 is 5.32 Å². The van der Waals surface area contributed by atoms with Crippen molar-refractivity contribution in [1.29, 1.82) is 0 Å². The van der Waals surface area contributed by atoms with Gasteiger partial charge in [-0.3, -0.25) is 4.98 Å². The Morgan fingerprint density at radius 2 is 2.12 bits per heavy atom. The number of anilines is 1. The number of halogens is 3. The fourth-order valence-electron chi connectivity index (χ4n) is 1.36. The maximum atomic E-state index is 13.1. The van der Waals surface area contributed by atoms with E-state index in [-0.39, 0.29) is 5.82 Å². The molecule has 1 N–H and O–H groups in total. The van der Waals surface area contributed by atoms with Gasteiger partial charge < -0.3 is 5.32 Å². The van der Waals surface area contributed by atoms with Crippen molar-refractivity contribution in [1.82, 2.24) is 4.98 Å². The SMILES string of the molecule is Fc1cc(Cl)cc(NCc2ccc(Br)cn2)c1. The number of pyridine rings is 1. The van der Waals surface area contributed by atoms with Gasteiger partial charge in [-0.2, -0.15) is 0 Å². The van der Waals surface area contributed by atoms with Gasteiger partial charge in [0.2, 0.25) is 0 Å². The molecule has 0 saturated carbocycles. The van der Waals surface area contributed by atoms with Crippen molar-refractivity contribution in [2.24, 2.45) is 0 Å². The zero-order chi connectivity index (χ0) is 12.3. The summed E-state index contributed by atoms with van der Waals surface area (Å²) in [5.41, 5.74) is 1.51. The van der Waals surface area contributed by atoms with Gasteiger partial charge in [0.25, 0.3) is 0 Å². The monoisotopic (exact) mass is 314 g/mol. The third kappa shape index (κ3) is 3.68. The van der Waals surface area contributed by atoms with E-state index in [0.717, 1.165) is 10.2 Å². The summed E-state index contributed by atoms with van der Waals surface area (Å²) in [6.07, 6.45) is 1.72. The van der Waals surface area contributed by atoms with E-state index in [9.17, 15) is 4.39 Å². The van der Waals surface area contributed by atoms with Gasteiger partial charge in [0.15, 0.2) is 0 Å². The standard InChI is InChI=1S/C12H9BrClFN2/c13-8-1-2-11(16-6-8)7-17-12-4-9(14)3-10(15)5-12/h1-6,17H,7H2. The summed E-state index contributed by atoms with van der Waals surface area (Å²) in [5.74, 6) is -0.358. The zero-order valence-electron chi connectivity index (χ0n) is 8.75. The number of hydrogen-bond acceptors (Lipinski definition) is 2. The molecule has 2 rings (SSSR count). The Morgan fingerprint density at radius 1 is 1.29 bits per heavy atom.